The van der Waals surface area contributed by atoms with Crippen molar-refractivity contribution in [1.29, 1.82) is 0 Å². The van der Waals surface area contributed by atoms with Gasteiger partial charge in [-0.25, -0.2) is 9.59 Å². The summed E-state index contributed by atoms with van der Waals surface area (Å²) in [6, 6.07) is 12.2. The Kier molecular flexibility index (Phi) is 10.3. The van der Waals surface area contributed by atoms with Gasteiger partial charge in [0.25, 0.3) is 5.91 Å². The van der Waals surface area contributed by atoms with Crippen molar-refractivity contribution < 1.29 is 23.9 Å². The van der Waals surface area contributed by atoms with E-state index < -0.39 is 35.5 Å². The summed E-state index contributed by atoms with van der Waals surface area (Å²) in [7, 11) is 1.22. The average molecular weight is 598 g/mol. The topological polar surface area (TPSA) is 135 Å². The Morgan fingerprint density at radius 3 is 2.37 bits per heavy atom. The molecule has 3 rings (SSSR count). The predicted octanol–water partition coefficient (Wildman–Crippen LogP) is 7.27. The van der Waals surface area contributed by atoms with Gasteiger partial charge in [0, 0.05) is 33.8 Å². The van der Waals surface area contributed by atoms with Crippen molar-refractivity contribution in [1.82, 2.24) is 9.88 Å². The first-order chi connectivity index (χ1) is 19.4. The summed E-state index contributed by atoms with van der Waals surface area (Å²) in [5.41, 5.74) is 9.59. The monoisotopic (exact) mass is 597 g/mol. The highest BCUT2D eigenvalue weighted by atomic mass is 35.5. The van der Waals surface area contributed by atoms with Crippen molar-refractivity contribution in [2.75, 3.05) is 7.11 Å². The minimum absolute atomic E-state index is 0.0121. The quantitative estimate of drug-likeness (QED) is 0.110. The molecule has 1 aromatic heterocycles. The minimum atomic E-state index is -1.14. The number of aromatic nitrogens is 1. The molecule has 0 spiro atoms. The van der Waals surface area contributed by atoms with E-state index in [4.69, 9.17) is 38.2 Å². The summed E-state index contributed by atoms with van der Waals surface area (Å²) >= 11 is 12.6. The number of carbonyl (C=O) groups is 3. The molecule has 0 bridgehead atoms. The van der Waals surface area contributed by atoms with Crippen LogP contribution in [0.25, 0.3) is 10.4 Å². The van der Waals surface area contributed by atoms with Crippen LogP contribution in [0.1, 0.15) is 65.7 Å². The van der Waals surface area contributed by atoms with E-state index in [0.29, 0.717) is 11.3 Å². The van der Waals surface area contributed by atoms with Crippen LogP contribution in [0.2, 0.25) is 10.0 Å². The Balaban J connectivity index is 2.15. The maximum atomic E-state index is 14.2. The highest BCUT2D eigenvalue weighted by molar-refractivity contribution is 6.33. The highest BCUT2D eigenvalue weighted by Gasteiger charge is 2.37. The number of rotatable bonds is 9. The summed E-state index contributed by atoms with van der Waals surface area (Å²) in [6.07, 6.45) is 1.60. The van der Waals surface area contributed by atoms with Gasteiger partial charge in [0.2, 0.25) is 0 Å². The van der Waals surface area contributed by atoms with E-state index >= 15 is 0 Å². The normalized spacial score (nSPS) is 12.5. The van der Waals surface area contributed by atoms with Crippen molar-refractivity contribution in [2.45, 2.75) is 51.8 Å². The fourth-order valence-corrected chi connectivity index (χ4v) is 4.57. The number of hydrogen-bond donors (Lipinski definition) is 0. The largest absolute Gasteiger partial charge is 0.467 e. The Labute approximate surface area is 247 Å². The number of amides is 1. The fourth-order valence-electron chi connectivity index (χ4n) is 4.14. The first-order valence-corrected chi connectivity index (χ1v) is 13.3. The van der Waals surface area contributed by atoms with Gasteiger partial charge in [0.05, 0.1) is 29.4 Å². The number of halogens is 2. The first-order valence-electron chi connectivity index (χ1n) is 12.5. The predicted molar refractivity (Wildman–Crippen MR) is 155 cm³/mol. The minimum Gasteiger partial charge on any atom is -0.467 e. The maximum absolute atomic E-state index is 14.2. The lowest BCUT2D eigenvalue weighted by Crippen LogP contribution is -2.48. The van der Waals surface area contributed by atoms with E-state index in [2.05, 4.69) is 15.0 Å². The van der Waals surface area contributed by atoms with Gasteiger partial charge < -0.3 is 14.4 Å². The van der Waals surface area contributed by atoms with Gasteiger partial charge in [-0.3, -0.25) is 9.78 Å². The number of benzene rings is 2. The van der Waals surface area contributed by atoms with E-state index in [1.54, 1.807) is 58.2 Å². The second kappa shape index (κ2) is 13.5. The lowest BCUT2D eigenvalue weighted by atomic mass is 9.98. The molecule has 214 valence electrons. The summed E-state index contributed by atoms with van der Waals surface area (Å²) in [5.74, 6) is -1.92. The number of hydrogen-bond acceptors (Lipinski definition) is 7. The van der Waals surface area contributed by atoms with Gasteiger partial charge in [0.15, 0.2) is 0 Å². The van der Waals surface area contributed by atoms with Crippen molar-refractivity contribution in [3.05, 3.63) is 104 Å². The number of azide groups is 1. The van der Waals surface area contributed by atoms with Crippen LogP contribution in [0.5, 0.6) is 0 Å². The van der Waals surface area contributed by atoms with Crippen LogP contribution >= 0.6 is 23.2 Å². The molecule has 1 amide bonds. The van der Waals surface area contributed by atoms with E-state index in [1.807, 2.05) is 0 Å². The lowest BCUT2D eigenvalue weighted by molar-refractivity contribution is -0.146. The van der Waals surface area contributed by atoms with E-state index in [9.17, 15) is 14.4 Å². The van der Waals surface area contributed by atoms with Crippen LogP contribution < -0.4 is 0 Å². The van der Waals surface area contributed by atoms with Gasteiger partial charge in [-0.2, -0.15) is 0 Å². The molecule has 10 nitrogen and oxygen atoms in total. The molecule has 0 radical (unpaired) electrons. The number of esters is 2. The molecule has 1 unspecified atom stereocenters. The van der Waals surface area contributed by atoms with Crippen molar-refractivity contribution in [3.8, 4) is 0 Å². The van der Waals surface area contributed by atoms with Gasteiger partial charge in [-0.15, -0.1) is 0 Å². The zero-order chi connectivity index (χ0) is 30.3. The summed E-state index contributed by atoms with van der Waals surface area (Å²) < 4.78 is 10.5. The standard InChI is InChI=1S/C29H29Cl2N5O5/c1-17(18-9-11-21(23(31)14-18)27(38)41-29(2,3)4)36(25(28(39)40-5)16-20-8-6-7-13-33-20)26(37)22-12-10-19(30)15-24(22)34-35-32/h6-15,17,25H,16H2,1-5H3/t17?,25-/m1/s1. The molecule has 0 fully saturated rings. The summed E-state index contributed by atoms with van der Waals surface area (Å²) in [4.78, 5) is 48.5. The van der Waals surface area contributed by atoms with Crippen LogP contribution in [0.3, 0.4) is 0 Å². The van der Waals surface area contributed by atoms with Crippen LogP contribution in [0.4, 0.5) is 5.69 Å². The molecule has 0 aliphatic rings. The molecule has 12 heteroatoms. The van der Waals surface area contributed by atoms with Crippen molar-refractivity contribution in [2.24, 2.45) is 5.11 Å². The van der Waals surface area contributed by atoms with Gasteiger partial charge in [0.1, 0.15) is 11.6 Å². The number of ether oxygens (including phenoxy) is 2. The third-order valence-corrected chi connectivity index (χ3v) is 6.57. The fraction of sp³-hybridized carbons (Fsp3) is 0.310. The van der Waals surface area contributed by atoms with Crippen molar-refractivity contribution in [3.63, 3.8) is 0 Å². The molecule has 41 heavy (non-hydrogen) atoms. The van der Waals surface area contributed by atoms with Crippen LogP contribution in [-0.2, 0) is 20.7 Å². The van der Waals surface area contributed by atoms with Crippen molar-refractivity contribution >= 4 is 46.7 Å². The first kappa shape index (κ1) is 31.4. The third-order valence-electron chi connectivity index (χ3n) is 6.03. The van der Waals surface area contributed by atoms with Gasteiger partial charge in [-0.05, 0) is 81.3 Å². The SMILES string of the molecule is COC(=O)[C@@H](Cc1ccccn1)N(C(=O)c1ccc(Cl)cc1N=[N+]=[N-])C(C)c1ccc(C(=O)OC(C)(C)C)c(Cl)c1. The number of carbonyl (C=O) groups excluding carboxylic acids is 3. The molecule has 3 aromatic rings. The highest BCUT2D eigenvalue weighted by Crippen LogP contribution is 2.33. The van der Waals surface area contributed by atoms with Gasteiger partial charge >= 0.3 is 11.9 Å². The van der Waals surface area contributed by atoms with E-state index in [-0.39, 0.29) is 33.3 Å². The number of nitrogens with zero attached hydrogens (tertiary/aromatic N) is 5. The second-order valence-electron chi connectivity index (χ2n) is 10.0. The third kappa shape index (κ3) is 7.98. The Bertz CT molecular complexity index is 1490. The maximum Gasteiger partial charge on any atom is 0.340 e. The van der Waals surface area contributed by atoms with Crippen LogP contribution in [0.15, 0.2) is 65.9 Å². The van der Waals surface area contributed by atoms with Crippen LogP contribution in [0, 0.1) is 0 Å². The molecule has 0 saturated carbocycles. The number of pyridine rings is 1. The summed E-state index contributed by atoms with van der Waals surface area (Å²) in [6.45, 7) is 6.94. The molecule has 2 atom stereocenters. The molecule has 0 aliphatic heterocycles. The Hall–Kier alpha value is -4.11. The van der Waals surface area contributed by atoms with Crippen LogP contribution in [-0.4, -0.2) is 46.5 Å². The Morgan fingerprint density at radius 1 is 1.07 bits per heavy atom. The smallest absolute Gasteiger partial charge is 0.340 e. The molecule has 0 saturated heterocycles. The zero-order valence-electron chi connectivity index (χ0n) is 23.2. The molecule has 0 aliphatic carbocycles. The number of methoxy groups -OCH3 is 1. The van der Waals surface area contributed by atoms with E-state index in [1.165, 1.54) is 42.3 Å². The average Bonchev–Trinajstić information content (AvgIpc) is 2.91. The second-order valence-corrected chi connectivity index (χ2v) is 10.9. The molecule has 1 heterocycles. The molecular formula is C29H29Cl2N5O5. The molecule has 2 aromatic carbocycles. The van der Waals surface area contributed by atoms with Gasteiger partial charge in [-0.1, -0.05) is 40.4 Å². The van der Waals surface area contributed by atoms with E-state index in [0.717, 1.165) is 0 Å². The molecule has 0 N–H and O–H groups in total. The lowest BCUT2D eigenvalue weighted by Gasteiger charge is -2.36. The Morgan fingerprint density at radius 2 is 1.78 bits per heavy atom. The summed E-state index contributed by atoms with van der Waals surface area (Å²) in [5, 5.41) is 4.00. The molecular weight excluding hydrogens is 569 g/mol. The zero-order valence-corrected chi connectivity index (χ0v) is 24.7.